The molecular weight excluding hydrogens is 224 g/mol. The van der Waals surface area contributed by atoms with Crippen LogP contribution >= 0.6 is 0 Å². The summed E-state index contributed by atoms with van der Waals surface area (Å²) in [7, 11) is 0. The zero-order valence-corrected chi connectivity index (χ0v) is 10.8. The summed E-state index contributed by atoms with van der Waals surface area (Å²) < 4.78 is 0. The lowest BCUT2D eigenvalue weighted by Gasteiger charge is -2.32. The van der Waals surface area contributed by atoms with Gasteiger partial charge in [-0.3, -0.25) is 9.74 Å². The summed E-state index contributed by atoms with van der Waals surface area (Å²) >= 11 is 0. The number of nitrogens with zero attached hydrogens (tertiary/aromatic N) is 1. The Morgan fingerprint density at radius 1 is 1.11 bits per heavy atom. The lowest BCUT2D eigenvalue weighted by Crippen LogP contribution is -2.44. The third kappa shape index (κ3) is 2.74. The van der Waals surface area contributed by atoms with Gasteiger partial charge in [-0.05, 0) is 31.4 Å². The van der Waals surface area contributed by atoms with Crippen LogP contribution in [-0.4, -0.2) is 30.1 Å². The first kappa shape index (κ1) is 12.2. The smallest absolute Gasteiger partial charge is 0.0933 e. The number of hydroxylamine groups is 1. The topological polar surface area (TPSA) is 24.5 Å². The summed E-state index contributed by atoms with van der Waals surface area (Å²) in [6, 6.07) is 11.6. The molecular formula is C15H22N2O. The van der Waals surface area contributed by atoms with Gasteiger partial charge in [-0.2, -0.15) is 5.48 Å². The van der Waals surface area contributed by atoms with Crippen molar-refractivity contribution in [3.8, 4) is 0 Å². The SMILES string of the molecule is c1ccc(CONC2CCN3CCCCC23)cc1. The Morgan fingerprint density at radius 3 is 2.89 bits per heavy atom. The van der Waals surface area contributed by atoms with Crippen molar-refractivity contribution in [2.24, 2.45) is 0 Å². The fraction of sp³-hybridized carbons (Fsp3) is 0.600. The van der Waals surface area contributed by atoms with Crippen molar-refractivity contribution in [3.63, 3.8) is 0 Å². The maximum Gasteiger partial charge on any atom is 0.0933 e. The molecule has 0 aromatic heterocycles. The van der Waals surface area contributed by atoms with Crippen LogP contribution in [0.2, 0.25) is 0 Å². The molecule has 0 saturated carbocycles. The van der Waals surface area contributed by atoms with E-state index >= 15 is 0 Å². The third-order valence-electron chi connectivity index (χ3n) is 4.17. The van der Waals surface area contributed by atoms with Gasteiger partial charge in [0.05, 0.1) is 6.61 Å². The standard InChI is InChI=1S/C15H22N2O/c1-2-6-13(7-3-1)12-18-16-14-9-11-17-10-5-4-8-15(14)17/h1-3,6-7,14-16H,4-5,8-12H2. The number of benzene rings is 1. The van der Waals surface area contributed by atoms with Crippen molar-refractivity contribution in [1.29, 1.82) is 0 Å². The third-order valence-corrected chi connectivity index (χ3v) is 4.17. The van der Waals surface area contributed by atoms with Gasteiger partial charge in [0.25, 0.3) is 0 Å². The normalized spacial score (nSPS) is 28.2. The van der Waals surface area contributed by atoms with E-state index in [-0.39, 0.29) is 0 Å². The van der Waals surface area contributed by atoms with Gasteiger partial charge in [-0.25, -0.2) is 0 Å². The Bertz CT molecular complexity index is 368. The second-order valence-corrected chi connectivity index (χ2v) is 5.39. The zero-order chi connectivity index (χ0) is 12.2. The number of fused-ring (bicyclic) bond motifs is 1. The summed E-state index contributed by atoms with van der Waals surface area (Å²) in [6.07, 6.45) is 5.29. The molecule has 2 aliphatic rings. The number of hydrogen-bond acceptors (Lipinski definition) is 3. The summed E-state index contributed by atoms with van der Waals surface area (Å²) in [4.78, 5) is 8.29. The van der Waals surface area contributed by atoms with Crippen molar-refractivity contribution < 1.29 is 4.84 Å². The molecule has 1 N–H and O–H groups in total. The molecule has 3 rings (SSSR count). The van der Waals surface area contributed by atoms with E-state index in [9.17, 15) is 0 Å². The van der Waals surface area contributed by atoms with E-state index in [2.05, 4.69) is 34.6 Å². The average molecular weight is 246 g/mol. The molecule has 18 heavy (non-hydrogen) atoms. The molecule has 2 atom stereocenters. The van der Waals surface area contributed by atoms with Gasteiger partial charge in [0.1, 0.15) is 0 Å². The Hall–Kier alpha value is -0.900. The van der Waals surface area contributed by atoms with Gasteiger partial charge in [-0.1, -0.05) is 36.8 Å². The van der Waals surface area contributed by atoms with Crippen molar-refractivity contribution in [2.75, 3.05) is 13.1 Å². The summed E-state index contributed by atoms with van der Waals surface area (Å²) in [5, 5.41) is 0. The van der Waals surface area contributed by atoms with Gasteiger partial charge in [0.2, 0.25) is 0 Å². The van der Waals surface area contributed by atoms with Crippen molar-refractivity contribution in [3.05, 3.63) is 35.9 Å². The van der Waals surface area contributed by atoms with Gasteiger partial charge in [-0.15, -0.1) is 0 Å². The summed E-state index contributed by atoms with van der Waals surface area (Å²) in [5.74, 6) is 0. The summed E-state index contributed by atoms with van der Waals surface area (Å²) in [6.45, 7) is 3.17. The minimum Gasteiger partial charge on any atom is -0.299 e. The molecule has 1 aromatic carbocycles. The minimum absolute atomic E-state index is 0.522. The monoisotopic (exact) mass is 246 g/mol. The second kappa shape index (κ2) is 5.83. The van der Waals surface area contributed by atoms with Crippen LogP contribution in [0, 0.1) is 0 Å². The molecule has 3 nitrogen and oxygen atoms in total. The Kier molecular flexibility index (Phi) is 3.93. The van der Waals surface area contributed by atoms with Crippen molar-refractivity contribution >= 4 is 0 Å². The number of hydrogen-bond donors (Lipinski definition) is 1. The highest BCUT2D eigenvalue weighted by molar-refractivity contribution is 5.13. The van der Waals surface area contributed by atoms with Gasteiger partial charge in [0.15, 0.2) is 0 Å². The van der Waals surface area contributed by atoms with Crippen LogP contribution in [0.25, 0.3) is 0 Å². The highest BCUT2D eigenvalue weighted by atomic mass is 16.6. The first-order valence-electron chi connectivity index (χ1n) is 7.09. The van der Waals surface area contributed by atoms with E-state index < -0.39 is 0 Å². The van der Waals surface area contributed by atoms with E-state index in [0.717, 1.165) is 0 Å². The summed E-state index contributed by atoms with van der Waals surface area (Å²) in [5.41, 5.74) is 4.51. The van der Waals surface area contributed by atoms with E-state index in [4.69, 9.17) is 4.84 Å². The van der Waals surface area contributed by atoms with E-state index in [1.54, 1.807) is 0 Å². The van der Waals surface area contributed by atoms with Gasteiger partial charge in [0, 0.05) is 18.6 Å². The lowest BCUT2D eigenvalue weighted by molar-refractivity contribution is -0.00806. The predicted molar refractivity (Wildman–Crippen MR) is 72.0 cm³/mol. The number of piperidine rings is 1. The molecule has 2 heterocycles. The molecule has 0 radical (unpaired) electrons. The molecule has 0 spiro atoms. The van der Waals surface area contributed by atoms with Gasteiger partial charge >= 0.3 is 0 Å². The Morgan fingerprint density at radius 2 is 2.00 bits per heavy atom. The lowest BCUT2D eigenvalue weighted by atomic mass is 10.00. The second-order valence-electron chi connectivity index (χ2n) is 5.39. The van der Waals surface area contributed by atoms with E-state index in [0.29, 0.717) is 18.7 Å². The first-order valence-corrected chi connectivity index (χ1v) is 7.09. The Balaban J connectivity index is 1.46. The number of nitrogens with one attached hydrogen (secondary N) is 1. The largest absolute Gasteiger partial charge is 0.299 e. The highest BCUT2D eigenvalue weighted by Crippen LogP contribution is 2.27. The molecule has 0 bridgehead atoms. The molecule has 1 aromatic rings. The maximum atomic E-state index is 5.68. The molecule has 0 aliphatic carbocycles. The molecule has 2 saturated heterocycles. The van der Waals surface area contributed by atoms with Gasteiger partial charge < -0.3 is 0 Å². The highest BCUT2D eigenvalue weighted by Gasteiger charge is 2.35. The van der Waals surface area contributed by atoms with Crippen LogP contribution in [0.15, 0.2) is 30.3 Å². The van der Waals surface area contributed by atoms with E-state index in [1.165, 1.54) is 44.3 Å². The van der Waals surface area contributed by atoms with Crippen LogP contribution < -0.4 is 5.48 Å². The van der Waals surface area contributed by atoms with E-state index in [1.807, 2.05) is 6.07 Å². The zero-order valence-electron chi connectivity index (χ0n) is 10.8. The molecule has 0 amide bonds. The van der Waals surface area contributed by atoms with Crippen LogP contribution in [0.1, 0.15) is 31.2 Å². The van der Waals surface area contributed by atoms with Crippen molar-refractivity contribution in [1.82, 2.24) is 10.4 Å². The van der Waals surface area contributed by atoms with Crippen LogP contribution in [0.3, 0.4) is 0 Å². The Labute approximate surface area is 109 Å². The van der Waals surface area contributed by atoms with Crippen LogP contribution in [-0.2, 0) is 11.4 Å². The molecule has 2 unspecified atom stereocenters. The average Bonchev–Trinajstić information content (AvgIpc) is 2.84. The maximum absolute atomic E-state index is 5.68. The molecule has 3 heteroatoms. The quantitative estimate of drug-likeness (QED) is 0.825. The molecule has 98 valence electrons. The van der Waals surface area contributed by atoms with Crippen molar-refractivity contribution in [2.45, 2.75) is 44.4 Å². The van der Waals surface area contributed by atoms with Crippen LogP contribution in [0.4, 0.5) is 0 Å². The molecule has 2 aliphatic heterocycles. The first-order chi connectivity index (χ1) is 8.93. The predicted octanol–water partition coefficient (Wildman–Crippen LogP) is 2.33. The fourth-order valence-corrected chi connectivity index (χ4v) is 3.19. The minimum atomic E-state index is 0.522. The molecule has 2 fully saturated rings. The number of rotatable bonds is 4. The fourth-order valence-electron chi connectivity index (χ4n) is 3.19. The van der Waals surface area contributed by atoms with Crippen LogP contribution in [0.5, 0.6) is 0 Å².